The molecule has 0 aromatic carbocycles. The summed E-state index contributed by atoms with van der Waals surface area (Å²) in [4.78, 5) is 2.65. The predicted octanol–water partition coefficient (Wildman–Crippen LogP) is 1.98. The second-order valence-corrected chi connectivity index (χ2v) is 6.53. The third-order valence-electron chi connectivity index (χ3n) is 4.23. The van der Waals surface area contributed by atoms with Crippen LogP contribution in [-0.4, -0.2) is 50.8 Å². The molecule has 1 N–H and O–H groups in total. The van der Waals surface area contributed by atoms with Gasteiger partial charge in [0.05, 0.1) is 6.61 Å². The highest BCUT2D eigenvalue weighted by Crippen LogP contribution is 2.20. The molecule has 2 heterocycles. The fraction of sp³-hybridized carbons (Fsp3) is 1.00. The largest absolute Gasteiger partial charge is 0.381 e. The third kappa shape index (κ3) is 4.87. The van der Waals surface area contributed by atoms with E-state index in [2.05, 4.69) is 24.1 Å². The van der Waals surface area contributed by atoms with E-state index in [-0.39, 0.29) is 0 Å². The number of hydrogen-bond donors (Lipinski definition) is 1. The van der Waals surface area contributed by atoms with Crippen LogP contribution in [0.1, 0.15) is 33.1 Å². The van der Waals surface area contributed by atoms with Crippen molar-refractivity contribution in [1.82, 2.24) is 10.2 Å². The van der Waals surface area contributed by atoms with Gasteiger partial charge in [0.15, 0.2) is 0 Å². The quantitative estimate of drug-likeness (QED) is 0.784. The molecule has 2 fully saturated rings. The third-order valence-corrected chi connectivity index (χ3v) is 4.23. The minimum absolute atomic E-state index is 0.771. The molecule has 0 aromatic heterocycles. The molecule has 3 nitrogen and oxygen atoms in total. The number of rotatable bonds is 6. The summed E-state index contributed by atoms with van der Waals surface area (Å²) in [6.45, 7) is 12.8. The zero-order chi connectivity index (χ0) is 12.8. The maximum Gasteiger partial charge on any atom is 0.0507 e. The molecular formula is C15H30N2O. The Balaban J connectivity index is 1.56. The van der Waals surface area contributed by atoms with Crippen LogP contribution in [0.5, 0.6) is 0 Å². The molecule has 106 valence electrons. The Morgan fingerprint density at radius 1 is 1.17 bits per heavy atom. The van der Waals surface area contributed by atoms with Crippen molar-refractivity contribution in [3.8, 4) is 0 Å². The van der Waals surface area contributed by atoms with Gasteiger partial charge in [0, 0.05) is 13.2 Å². The molecule has 2 rings (SSSR count). The van der Waals surface area contributed by atoms with Crippen molar-refractivity contribution >= 4 is 0 Å². The molecule has 1 unspecified atom stereocenters. The lowest BCUT2D eigenvalue weighted by molar-refractivity contribution is 0.140. The fourth-order valence-corrected chi connectivity index (χ4v) is 3.04. The van der Waals surface area contributed by atoms with Crippen LogP contribution in [-0.2, 0) is 4.74 Å². The number of nitrogens with one attached hydrogen (secondary N) is 1. The second kappa shape index (κ2) is 7.46. The SMILES string of the molecule is CC(C)CNCC1CCN(CC2CCOC2)CC1. The number of hydrogen-bond acceptors (Lipinski definition) is 3. The Morgan fingerprint density at radius 3 is 2.56 bits per heavy atom. The Labute approximate surface area is 112 Å². The number of piperidine rings is 1. The van der Waals surface area contributed by atoms with Crippen LogP contribution in [0.2, 0.25) is 0 Å². The van der Waals surface area contributed by atoms with E-state index in [9.17, 15) is 0 Å². The molecule has 0 bridgehead atoms. The number of likely N-dealkylation sites (tertiary alicyclic amines) is 1. The van der Waals surface area contributed by atoms with Gasteiger partial charge in [-0.1, -0.05) is 13.8 Å². The first-order chi connectivity index (χ1) is 8.74. The summed E-state index contributed by atoms with van der Waals surface area (Å²) in [6, 6.07) is 0. The van der Waals surface area contributed by atoms with Crippen molar-refractivity contribution in [2.45, 2.75) is 33.1 Å². The molecule has 18 heavy (non-hydrogen) atoms. The van der Waals surface area contributed by atoms with Crippen LogP contribution >= 0.6 is 0 Å². The van der Waals surface area contributed by atoms with Gasteiger partial charge in [0.1, 0.15) is 0 Å². The lowest BCUT2D eigenvalue weighted by atomic mass is 9.95. The van der Waals surface area contributed by atoms with E-state index in [1.54, 1.807) is 0 Å². The van der Waals surface area contributed by atoms with Crippen LogP contribution in [0.4, 0.5) is 0 Å². The van der Waals surface area contributed by atoms with E-state index < -0.39 is 0 Å². The molecule has 0 aliphatic carbocycles. The Hall–Kier alpha value is -0.120. The molecule has 3 heteroatoms. The van der Waals surface area contributed by atoms with Gasteiger partial charge in [0.25, 0.3) is 0 Å². The first-order valence-corrected chi connectivity index (χ1v) is 7.75. The maximum atomic E-state index is 5.46. The van der Waals surface area contributed by atoms with Crippen molar-refractivity contribution in [2.75, 3.05) is 45.9 Å². The van der Waals surface area contributed by atoms with Gasteiger partial charge in [-0.3, -0.25) is 0 Å². The molecule has 0 spiro atoms. The monoisotopic (exact) mass is 254 g/mol. The van der Waals surface area contributed by atoms with Crippen molar-refractivity contribution in [2.24, 2.45) is 17.8 Å². The predicted molar refractivity (Wildman–Crippen MR) is 75.8 cm³/mol. The van der Waals surface area contributed by atoms with E-state index in [0.717, 1.165) is 31.0 Å². The Morgan fingerprint density at radius 2 is 1.94 bits per heavy atom. The van der Waals surface area contributed by atoms with Gasteiger partial charge in [-0.15, -0.1) is 0 Å². The van der Waals surface area contributed by atoms with Gasteiger partial charge in [-0.05, 0) is 63.2 Å². The van der Waals surface area contributed by atoms with E-state index in [0.29, 0.717) is 0 Å². The highest BCUT2D eigenvalue weighted by atomic mass is 16.5. The second-order valence-electron chi connectivity index (χ2n) is 6.53. The zero-order valence-electron chi connectivity index (χ0n) is 12.2. The van der Waals surface area contributed by atoms with E-state index in [1.165, 1.54) is 52.0 Å². The lowest BCUT2D eigenvalue weighted by Crippen LogP contribution is -2.40. The van der Waals surface area contributed by atoms with E-state index >= 15 is 0 Å². The molecule has 1 atom stereocenters. The summed E-state index contributed by atoms with van der Waals surface area (Å²) in [6.07, 6.45) is 4.02. The minimum Gasteiger partial charge on any atom is -0.381 e. The summed E-state index contributed by atoms with van der Waals surface area (Å²) >= 11 is 0. The van der Waals surface area contributed by atoms with E-state index in [1.807, 2.05) is 0 Å². The van der Waals surface area contributed by atoms with Crippen LogP contribution in [0.15, 0.2) is 0 Å². The van der Waals surface area contributed by atoms with Crippen LogP contribution in [0, 0.1) is 17.8 Å². The molecule has 2 aliphatic heterocycles. The molecule has 0 amide bonds. The van der Waals surface area contributed by atoms with Crippen molar-refractivity contribution in [1.29, 1.82) is 0 Å². The maximum absolute atomic E-state index is 5.46. The summed E-state index contributed by atoms with van der Waals surface area (Å²) in [5, 5.41) is 3.60. The van der Waals surface area contributed by atoms with E-state index in [4.69, 9.17) is 4.74 Å². The van der Waals surface area contributed by atoms with Crippen LogP contribution < -0.4 is 5.32 Å². The lowest BCUT2D eigenvalue weighted by Gasteiger charge is -2.33. The molecule has 2 aliphatic rings. The fourth-order valence-electron chi connectivity index (χ4n) is 3.04. The van der Waals surface area contributed by atoms with Gasteiger partial charge in [-0.2, -0.15) is 0 Å². The molecule has 0 radical (unpaired) electrons. The zero-order valence-corrected chi connectivity index (χ0v) is 12.2. The Bertz CT molecular complexity index is 219. The molecular weight excluding hydrogens is 224 g/mol. The minimum atomic E-state index is 0.771. The van der Waals surface area contributed by atoms with Gasteiger partial charge in [0.2, 0.25) is 0 Å². The first kappa shape index (κ1) is 14.3. The van der Waals surface area contributed by atoms with Gasteiger partial charge >= 0.3 is 0 Å². The summed E-state index contributed by atoms with van der Waals surface area (Å²) < 4.78 is 5.46. The summed E-state index contributed by atoms with van der Waals surface area (Å²) in [5.74, 6) is 2.48. The standard InChI is InChI=1S/C15H30N2O/c1-13(2)9-16-10-14-3-6-17(7-4-14)11-15-5-8-18-12-15/h13-16H,3-12H2,1-2H3. The number of ether oxygens (including phenoxy) is 1. The van der Waals surface area contributed by atoms with Crippen molar-refractivity contribution in [3.63, 3.8) is 0 Å². The average molecular weight is 254 g/mol. The van der Waals surface area contributed by atoms with Crippen molar-refractivity contribution in [3.05, 3.63) is 0 Å². The smallest absolute Gasteiger partial charge is 0.0507 e. The molecule has 0 aromatic rings. The highest BCUT2D eigenvalue weighted by molar-refractivity contribution is 4.77. The average Bonchev–Trinajstić information content (AvgIpc) is 2.84. The topological polar surface area (TPSA) is 24.5 Å². The summed E-state index contributed by atoms with van der Waals surface area (Å²) in [7, 11) is 0. The van der Waals surface area contributed by atoms with Gasteiger partial charge < -0.3 is 15.0 Å². The number of nitrogens with zero attached hydrogens (tertiary/aromatic N) is 1. The van der Waals surface area contributed by atoms with Crippen LogP contribution in [0.3, 0.4) is 0 Å². The normalized spacial score (nSPS) is 27.2. The van der Waals surface area contributed by atoms with Crippen molar-refractivity contribution < 1.29 is 4.74 Å². The first-order valence-electron chi connectivity index (χ1n) is 7.75. The highest BCUT2D eigenvalue weighted by Gasteiger charge is 2.23. The molecule has 0 saturated carbocycles. The molecule has 2 saturated heterocycles. The van der Waals surface area contributed by atoms with Gasteiger partial charge in [-0.25, -0.2) is 0 Å². The summed E-state index contributed by atoms with van der Waals surface area (Å²) in [5.41, 5.74) is 0. The Kier molecular flexibility index (Phi) is 5.93. The van der Waals surface area contributed by atoms with Crippen LogP contribution in [0.25, 0.3) is 0 Å².